The van der Waals surface area contributed by atoms with Gasteiger partial charge in [0.2, 0.25) is 10.0 Å². The third kappa shape index (κ3) is 4.30. The first-order valence-electron chi connectivity index (χ1n) is 5.61. The first-order valence-corrected chi connectivity index (χ1v) is 7.16. The maximum Gasteiger partial charge on any atom is 0.332 e. The molecule has 8 nitrogen and oxygen atoms in total. The van der Waals surface area contributed by atoms with Gasteiger partial charge in [-0.2, -0.15) is 0 Å². The Kier molecular flexibility index (Phi) is 5.19. The van der Waals surface area contributed by atoms with Crippen LogP contribution in [0.15, 0.2) is 29.2 Å². The highest BCUT2D eigenvalue weighted by Crippen LogP contribution is 2.14. The van der Waals surface area contributed by atoms with Crippen LogP contribution in [0.3, 0.4) is 0 Å². The maximum atomic E-state index is 11.7. The van der Waals surface area contributed by atoms with Crippen molar-refractivity contribution in [3.8, 4) is 0 Å². The van der Waals surface area contributed by atoms with Crippen LogP contribution >= 0.6 is 0 Å². The number of carbonyl (C=O) groups excluding carboxylic acids is 2. The Hall–Kier alpha value is -1.97. The number of nitrogens with two attached hydrogens (primary N) is 2. The molecule has 0 radical (unpaired) electrons. The van der Waals surface area contributed by atoms with Crippen LogP contribution in [-0.4, -0.2) is 32.9 Å². The molecule has 1 unspecified atom stereocenters. The molecule has 0 aliphatic heterocycles. The molecule has 0 bridgehead atoms. The molecule has 1 amide bonds. The van der Waals surface area contributed by atoms with Crippen molar-refractivity contribution >= 4 is 27.6 Å². The van der Waals surface area contributed by atoms with Crippen LogP contribution in [0, 0.1) is 0 Å². The van der Waals surface area contributed by atoms with E-state index in [1.165, 1.54) is 18.2 Å². The van der Waals surface area contributed by atoms with E-state index in [1.54, 1.807) is 6.92 Å². The molecule has 9 heteroatoms. The Labute approximate surface area is 116 Å². The van der Waals surface area contributed by atoms with Crippen LogP contribution in [0.25, 0.3) is 0 Å². The Morgan fingerprint density at radius 3 is 2.60 bits per heavy atom. The highest BCUT2D eigenvalue weighted by Gasteiger charge is 2.23. The average molecular weight is 301 g/mol. The summed E-state index contributed by atoms with van der Waals surface area (Å²) in [7, 11) is -3.88. The molecule has 0 aliphatic rings. The predicted octanol–water partition coefficient (Wildman–Crippen LogP) is -0.837. The van der Waals surface area contributed by atoms with Crippen LogP contribution in [0.4, 0.5) is 5.69 Å². The van der Waals surface area contributed by atoms with Gasteiger partial charge in [0.15, 0.2) is 6.04 Å². The molecule has 110 valence electrons. The van der Waals surface area contributed by atoms with E-state index in [9.17, 15) is 18.0 Å². The van der Waals surface area contributed by atoms with Gasteiger partial charge in [0, 0.05) is 5.69 Å². The summed E-state index contributed by atoms with van der Waals surface area (Å²) in [4.78, 5) is 22.8. The molecule has 0 saturated heterocycles. The quantitative estimate of drug-likeness (QED) is 0.478. The van der Waals surface area contributed by atoms with Crippen LogP contribution in [0.1, 0.15) is 6.92 Å². The van der Waals surface area contributed by atoms with E-state index in [1.807, 2.05) is 0 Å². The summed E-state index contributed by atoms with van der Waals surface area (Å²) < 4.78 is 26.9. The molecule has 0 saturated carbocycles. The molecule has 1 rings (SSSR count). The fourth-order valence-corrected chi connectivity index (χ4v) is 1.87. The highest BCUT2D eigenvalue weighted by atomic mass is 32.2. The Morgan fingerprint density at radius 1 is 1.40 bits per heavy atom. The summed E-state index contributed by atoms with van der Waals surface area (Å²) in [6, 6.07) is 3.77. The lowest BCUT2D eigenvalue weighted by atomic mass is 10.2. The van der Waals surface area contributed by atoms with Gasteiger partial charge in [0.05, 0.1) is 11.5 Å². The molecule has 5 N–H and O–H groups in total. The summed E-state index contributed by atoms with van der Waals surface area (Å²) in [6.07, 6.45) is 0. The Bertz CT molecular complexity index is 614. The number of primary sulfonamides is 1. The second-order valence-electron chi connectivity index (χ2n) is 3.79. The van der Waals surface area contributed by atoms with Crippen molar-refractivity contribution < 1.29 is 22.7 Å². The predicted molar refractivity (Wildman–Crippen MR) is 71.1 cm³/mol. The van der Waals surface area contributed by atoms with Crippen molar-refractivity contribution in [2.75, 3.05) is 11.9 Å². The largest absolute Gasteiger partial charge is 0.464 e. The number of rotatable bonds is 5. The van der Waals surface area contributed by atoms with Gasteiger partial charge in [-0.3, -0.25) is 4.79 Å². The van der Waals surface area contributed by atoms with E-state index >= 15 is 0 Å². The number of sulfonamides is 1. The van der Waals surface area contributed by atoms with Gasteiger partial charge >= 0.3 is 5.97 Å². The lowest BCUT2D eigenvalue weighted by molar-refractivity contribution is -0.146. The molecule has 0 heterocycles. The van der Waals surface area contributed by atoms with Crippen molar-refractivity contribution in [3.63, 3.8) is 0 Å². The molecular weight excluding hydrogens is 286 g/mol. The summed E-state index contributed by atoms with van der Waals surface area (Å²) in [6.45, 7) is 1.68. The van der Waals surface area contributed by atoms with Crippen LogP contribution < -0.4 is 16.2 Å². The summed E-state index contributed by atoms with van der Waals surface area (Å²) >= 11 is 0. The number of hydrogen-bond donors (Lipinski definition) is 3. The SMILES string of the molecule is CCOC(=O)C(N)C(=O)Nc1cccc(S(N)(=O)=O)c1. The zero-order chi connectivity index (χ0) is 15.3. The van der Waals surface area contributed by atoms with E-state index in [0.717, 1.165) is 6.07 Å². The normalized spacial score (nSPS) is 12.6. The van der Waals surface area contributed by atoms with Gasteiger partial charge in [0.25, 0.3) is 5.91 Å². The highest BCUT2D eigenvalue weighted by molar-refractivity contribution is 7.89. The van der Waals surface area contributed by atoms with Crippen molar-refractivity contribution in [1.29, 1.82) is 0 Å². The minimum absolute atomic E-state index is 0.0979. The Morgan fingerprint density at radius 2 is 2.05 bits per heavy atom. The number of carbonyl (C=O) groups is 2. The molecule has 0 aliphatic carbocycles. The first kappa shape index (κ1) is 16.1. The second-order valence-corrected chi connectivity index (χ2v) is 5.35. The van der Waals surface area contributed by atoms with Crippen LogP contribution in [0.5, 0.6) is 0 Å². The summed E-state index contributed by atoms with van der Waals surface area (Å²) in [5.74, 6) is -1.68. The zero-order valence-corrected chi connectivity index (χ0v) is 11.5. The summed E-state index contributed by atoms with van der Waals surface area (Å²) in [5, 5.41) is 7.27. The standard InChI is InChI=1S/C11H15N3O5S/c1-2-19-11(16)9(12)10(15)14-7-4-3-5-8(6-7)20(13,17)18/h3-6,9H,2,12H2,1H3,(H,14,15)(H2,13,17,18). The Balaban J connectivity index is 2.84. The smallest absolute Gasteiger partial charge is 0.332 e. The van der Waals surface area contributed by atoms with Gasteiger partial charge in [-0.1, -0.05) is 6.07 Å². The number of hydrogen-bond acceptors (Lipinski definition) is 6. The van der Waals surface area contributed by atoms with E-state index in [-0.39, 0.29) is 17.2 Å². The minimum Gasteiger partial charge on any atom is -0.464 e. The molecule has 1 aromatic rings. The molecule has 20 heavy (non-hydrogen) atoms. The van der Waals surface area contributed by atoms with Crippen LogP contribution in [0.2, 0.25) is 0 Å². The number of anilines is 1. The average Bonchev–Trinajstić information content (AvgIpc) is 2.37. The van der Waals surface area contributed by atoms with Crippen molar-refractivity contribution in [2.45, 2.75) is 17.9 Å². The maximum absolute atomic E-state index is 11.7. The molecule has 1 atom stereocenters. The number of nitrogens with one attached hydrogen (secondary N) is 1. The topological polar surface area (TPSA) is 142 Å². The van der Waals surface area contributed by atoms with E-state index in [0.29, 0.717) is 0 Å². The number of esters is 1. The number of benzene rings is 1. The lowest BCUT2D eigenvalue weighted by Crippen LogP contribution is -2.43. The van der Waals surface area contributed by atoms with E-state index < -0.39 is 27.9 Å². The minimum atomic E-state index is -3.88. The van der Waals surface area contributed by atoms with Crippen molar-refractivity contribution in [3.05, 3.63) is 24.3 Å². The fraction of sp³-hybridized carbons (Fsp3) is 0.273. The molecule has 0 aromatic heterocycles. The number of ether oxygens (including phenoxy) is 1. The summed E-state index contributed by atoms with van der Waals surface area (Å²) in [5.41, 5.74) is 5.54. The van der Waals surface area contributed by atoms with Gasteiger partial charge in [0.1, 0.15) is 0 Å². The molecule has 0 spiro atoms. The second kappa shape index (κ2) is 6.46. The third-order valence-corrected chi connectivity index (χ3v) is 3.16. The van der Waals surface area contributed by atoms with Crippen molar-refractivity contribution in [1.82, 2.24) is 0 Å². The molecule has 1 aromatic carbocycles. The first-order chi connectivity index (χ1) is 9.25. The van der Waals surface area contributed by atoms with E-state index in [4.69, 9.17) is 10.9 Å². The van der Waals surface area contributed by atoms with Gasteiger partial charge in [-0.25, -0.2) is 18.4 Å². The van der Waals surface area contributed by atoms with Crippen molar-refractivity contribution in [2.24, 2.45) is 10.9 Å². The number of amides is 1. The molecule has 0 fully saturated rings. The monoisotopic (exact) mass is 301 g/mol. The lowest BCUT2D eigenvalue weighted by Gasteiger charge is -2.11. The zero-order valence-electron chi connectivity index (χ0n) is 10.7. The fourth-order valence-electron chi connectivity index (χ4n) is 1.31. The third-order valence-electron chi connectivity index (χ3n) is 2.25. The van der Waals surface area contributed by atoms with Gasteiger partial charge in [-0.15, -0.1) is 0 Å². The van der Waals surface area contributed by atoms with Gasteiger partial charge < -0.3 is 15.8 Å². The van der Waals surface area contributed by atoms with Crippen LogP contribution in [-0.2, 0) is 24.3 Å². The molecular formula is C11H15N3O5S. The van der Waals surface area contributed by atoms with E-state index in [2.05, 4.69) is 10.1 Å². The van der Waals surface area contributed by atoms with Gasteiger partial charge in [-0.05, 0) is 25.1 Å².